The molecule has 2 aromatic rings. The molecular weight excluding hydrogens is 306 g/mol. The molecule has 2 rings (SSSR count). The molecule has 0 radical (unpaired) electrons. The molecule has 1 N–H and O–H groups in total. The summed E-state index contributed by atoms with van der Waals surface area (Å²) < 4.78 is 0. The maximum absolute atomic E-state index is 12.4. The lowest BCUT2D eigenvalue weighted by Crippen LogP contribution is -2.39. The van der Waals surface area contributed by atoms with E-state index in [1.165, 1.54) is 4.90 Å². The molecular formula is C18H21N3O3. The average Bonchev–Trinajstić information content (AvgIpc) is 2.60. The Balaban J connectivity index is 2.08. The first kappa shape index (κ1) is 17.5. The summed E-state index contributed by atoms with van der Waals surface area (Å²) in [5, 5.41) is 8.74. The molecule has 0 spiro atoms. The molecule has 1 aromatic carbocycles. The summed E-state index contributed by atoms with van der Waals surface area (Å²) in [6.07, 6.45) is 3.42. The van der Waals surface area contributed by atoms with Gasteiger partial charge in [0.25, 0.3) is 0 Å². The fourth-order valence-corrected chi connectivity index (χ4v) is 2.26. The molecule has 1 amide bonds. The maximum Gasteiger partial charge on any atom is 0.305 e. The first-order valence-electron chi connectivity index (χ1n) is 7.71. The number of carboxylic acids is 1. The quantitative estimate of drug-likeness (QED) is 0.803. The molecule has 1 aromatic heterocycles. The first-order valence-corrected chi connectivity index (χ1v) is 7.71. The standard InChI is InChI=1S/C18H21N3O3/c1-20(11-9-18(23)24)17(22)14-21(16-7-3-2-4-8-16)13-15-6-5-10-19-12-15/h2-8,10,12H,9,11,13-14H2,1H3,(H,23,24). The van der Waals surface area contributed by atoms with Crippen LogP contribution in [0.4, 0.5) is 5.69 Å². The number of benzene rings is 1. The number of anilines is 1. The second-order valence-corrected chi connectivity index (χ2v) is 5.51. The molecule has 6 heteroatoms. The van der Waals surface area contributed by atoms with Crippen LogP contribution >= 0.6 is 0 Å². The van der Waals surface area contributed by atoms with E-state index in [1.807, 2.05) is 47.4 Å². The van der Waals surface area contributed by atoms with Gasteiger partial charge in [0, 0.05) is 38.2 Å². The van der Waals surface area contributed by atoms with E-state index in [9.17, 15) is 9.59 Å². The number of pyridine rings is 1. The molecule has 126 valence electrons. The van der Waals surface area contributed by atoms with E-state index >= 15 is 0 Å². The Hall–Kier alpha value is -2.89. The van der Waals surface area contributed by atoms with E-state index in [2.05, 4.69) is 4.98 Å². The van der Waals surface area contributed by atoms with Crippen LogP contribution in [0.3, 0.4) is 0 Å². The molecule has 6 nitrogen and oxygen atoms in total. The molecule has 0 atom stereocenters. The lowest BCUT2D eigenvalue weighted by Gasteiger charge is -2.27. The minimum atomic E-state index is -0.912. The minimum absolute atomic E-state index is 0.0593. The van der Waals surface area contributed by atoms with E-state index in [0.717, 1.165) is 11.3 Å². The fraction of sp³-hybridized carbons (Fsp3) is 0.278. The van der Waals surface area contributed by atoms with E-state index in [4.69, 9.17) is 5.11 Å². The normalized spacial score (nSPS) is 10.2. The van der Waals surface area contributed by atoms with Gasteiger partial charge in [0.1, 0.15) is 0 Å². The van der Waals surface area contributed by atoms with Crippen LogP contribution in [-0.2, 0) is 16.1 Å². The third-order valence-corrected chi connectivity index (χ3v) is 3.63. The monoisotopic (exact) mass is 327 g/mol. The molecule has 1 heterocycles. The number of para-hydroxylation sites is 1. The number of carbonyl (C=O) groups is 2. The van der Waals surface area contributed by atoms with Crippen molar-refractivity contribution in [1.82, 2.24) is 9.88 Å². The van der Waals surface area contributed by atoms with Gasteiger partial charge in [-0.3, -0.25) is 14.6 Å². The molecule has 0 aliphatic carbocycles. The number of rotatable bonds is 8. The minimum Gasteiger partial charge on any atom is -0.481 e. The van der Waals surface area contributed by atoms with Crippen molar-refractivity contribution in [3.05, 3.63) is 60.4 Å². The highest BCUT2D eigenvalue weighted by atomic mass is 16.4. The summed E-state index contributed by atoms with van der Waals surface area (Å²) in [5.41, 5.74) is 1.93. The van der Waals surface area contributed by atoms with Crippen LogP contribution in [0, 0.1) is 0 Å². The number of aromatic nitrogens is 1. The number of amides is 1. The van der Waals surface area contributed by atoms with Crippen molar-refractivity contribution >= 4 is 17.6 Å². The Morgan fingerprint density at radius 1 is 1.12 bits per heavy atom. The summed E-state index contributed by atoms with van der Waals surface area (Å²) in [6, 6.07) is 13.5. The van der Waals surface area contributed by atoms with Crippen LogP contribution in [0.1, 0.15) is 12.0 Å². The highest BCUT2D eigenvalue weighted by Crippen LogP contribution is 2.16. The Morgan fingerprint density at radius 2 is 1.88 bits per heavy atom. The fourth-order valence-electron chi connectivity index (χ4n) is 2.26. The molecule has 0 saturated carbocycles. The molecule has 24 heavy (non-hydrogen) atoms. The highest BCUT2D eigenvalue weighted by Gasteiger charge is 2.16. The molecule has 0 aliphatic rings. The first-order chi connectivity index (χ1) is 11.6. The van der Waals surface area contributed by atoms with E-state index < -0.39 is 5.97 Å². The van der Waals surface area contributed by atoms with Crippen molar-refractivity contribution in [2.24, 2.45) is 0 Å². The van der Waals surface area contributed by atoms with Gasteiger partial charge < -0.3 is 14.9 Å². The number of carboxylic acid groups (broad SMARTS) is 1. The smallest absolute Gasteiger partial charge is 0.305 e. The van der Waals surface area contributed by atoms with Crippen molar-refractivity contribution in [3.8, 4) is 0 Å². The zero-order valence-corrected chi connectivity index (χ0v) is 13.6. The molecule has 0 saturated heterocycles. The van der Waals surface area contributed by atoms with Gasteiger partial charge in [-0.05, 0) is 23.8 Å². The summed E-state index contributed by atoms with van der Waals surface area (Å²) in [7, 11) is 1.62. The van der Waals surface area contributed by atoms with E-state index in [1.54, 1.807) is 19.4 Å². The Morgan fingerprint density at radius 3 is 2.50 bits per heavy atom. The Kier molecular flexibility index (Phi) is 6.31. The third-order valence-electron chi connectivity index (χ3n) is 3.63. The molecule has 0 fully saturated rings. The second kappa shape index (κ2) is 8.67. The van der Waals surface area contributed by atoms with Crippen molar-refractivity contribution < 1.29 is 14.7 Å². The molecule has 0 bridgehead atoms. The predicted octanol–water partition coefficient (Wildman–Crippen LogP) is 2.02. The zero-order chi connectivity index (χ0) is 17.4. The van der Waals surface area contributed by atoms with Crippen molar-refractivity contribution in [3.63, 3.8) is 0 Å². The number of aliphatic carboxylic acids is 1. The van der Waals surface area contributed by atoms with Gasteiger partial charge in [-0.2, -0.15) is 0 Å². The van der Waals surface area contributed by atoms with E-state index in [-0.39, 0.29) is 25.4 Å². The summed E-state index contributed by atoms with van der Waals surface area (Å²) in [5.74, 6) is -1.03. The lowest BCUT2D eigenvalue weighted by molar-refractivity contribution is -0.138. The summed E-state index contributed by atoms with van der Waals surface area (Å²) in [6.45, 7) is 0.926. The van der Waals surface area contributed by atoms with Gasteiger partial charge in [-0.1, -0.05) is 24.3 Å². The Bertz CT molecular complexity index is 662. The summed E-state index contributed by atoms with van der Waals surface area (Å²) in [4.78, 5) is 30.6. The van der Waals surface area contributed by atoms with Gasteiger partial charge in [0.05, 0.1) is 13.0 Å². The number of hydrogen-bond donors (Lipinski definition) is 1. The average molecular weight is 327 g/mol. The van der Waals surface area contributed by atoms with Crippen molar-refractivity contribution in [2.45, 2.75) is 13.0 Å². The van der Waals surface area contributed by atoms with Crippen LogP contribution in [0.15, 0.2) is 54.9 Å². The molecule has 0 aliphatic heterocycles. The lowest BCUT2D eigenvalue weighted by atomic mass is 10.2. The maximum atomic E-state index is 12.4. The van der Waals surface area contributed by atoms with Gasteiger partial charge in [0.2, 0.25) is 5.91 Å². The number of hydrogen-bond acceptors (Lipinski definition) is 4. The van der Waals surface area contributed by atoms with Gasteiger partial charge in [-0.25, -0.2) is 0 Å². The van der Waals surface area contributed by atoms with Crippen LogP contribution in [0.5, 0.6) is 0 Å². The Labute approximate surface area is 141 Å². The van der Waals surface area contributed by atoms with Crippen molar-refractivity contribution in [2.75, 3.05) is 25.0 Å². The SMILES string of the molecule is CN(CCC(=O)O)C(=O)CN(Cc1cccnc1)c1ccccc1. The summed E-state index contributed by atoms with van der Waals surface area (Å²) >= 11 is 0. The van der Waals surface area contributed by atoms with Crippen LogP contribution < -0.4 is 4.90 Å². The number of nitrogens with zero attached hydrogens (tertiary/aromatic N) is 3. The topological polar surface area (TPSA) is 73.7 Å². The predicted molar refractivity (Wildman–Crippen MR) is 91.6 cm³/mol. The molecule has 0 unspecified atom stereocenters. The van der Waals surface area contributed by atoms with E-state index in [0.29, 0.717) is 6.54 Å². The third kappa shape index (κ3) is 5.39. The van der Waals surface area contributed by atoms with Crippen LogP contribution in [0.25, 0.3) is 0 Å². The van der Waals surface area contributed by atoms with Gasteiger partial charge >= 0.3 is 5.97 Å². The zero-order valence-electron chi connectivity index (χ0n) is 13.6. The number of carbonyl (C=O) groups excluding carboxylic acids is 1. The second-order valence-electron chi connectivity index (χ2n) is 5.51. The number of likely N-dealkylation sites (N-methyl/N-ethyl adjacent to an activating group) is 1. The van der Waals surface area contributed by atoms with Gasteiger partial charge in [-0.15, -0.1) is 0 Å². The largest absolute Gasteiger partial charge is 0.481 e. The highest BCUT2D eigenvalue weighted by molar-refractivity contribution is 5.81. The van der Waals surface area contributed by atoms with Crippen LogP contribution in [-0.4, -0.2) is 47.0 Å². The van der Waals surface area contributed by atoms with Crippen LogP contribution in [0.2, 0.25) is 0 Å². The van der Waals surface area contributed by atoms with Crippen molar-refractivity contribution in [1.29, 1.82) is 0 Å². The van der Waals surface area contributed by atoms with Gasteiger partial charge in [0.15, 0.2) is 0 Å².